The molecule has 0 aromatic carbocycles. The predicted molar refractivity (Wildman–Crippen MR) is 78.1 cm³/mol. The maximum absolute atomic E-state index is 12.6. The standard InChI is InChI=1S/C12H15ClF3N3S/c1-3-19(6-7(2)10(17)20)11-9(13)4-8(5-18-11)12(14,15)16/h4-5,7H,3,6H2,1-2H3,(H2,17,20). The Morgan fingerprint density at radius 3 is 2.55 bits per heavy atom. The smallest absolute Gasteiger partial charge is 0.393 e. The highest BCUT2D eigenvalue weighted by molar-refractivity contribution is 7.80. The molecule has 1 rings (SSSR count). The summed E-state index contributed by atoms with van der Waals surface area (Å²) < 4.78 is 37.7. The van der Waals surface area contributed by atoms with Gasteiger partial charge in [-0.15, -0.1) is 0 Å². The van der Waals surface area contributed by atoms with E-state index in [1.54, 1.807) is 4.90 Å². The molecule has 0 bridgehead atoms. The van der Waals surface area contributed by atoms with Gasteiger partial charge in [0.25, 0.3) is 0 Å². The Morgan fingerprint density at radius 2 is 2.15 bits per heavy atom. The summed E-state index contributed by atoms with van der Waals surface area (Å²) in [6.07, 6.45) is -3.69. The summed E-state index contributed by atoms with van der Waals surface area (Å²) in [6, 6.07) is 0.873. The third kappa shape index (κ3) is 4.21. The summed E-state index contributed by atoms with van der Waals surface area (Å²) in [7, 11) is 0. The molecule has 3 nitrogen and oxygen atoms in total. The highest BCUT2D eigenvalue weighted by atomic mass is 35.5. The summed E-state index contributed by atoms with van der Waals surface area (Å²) in [6.45, 7) is 4.67. The molecule has 0 radical (unpaired) electrons. The van der Waals surface area contributed by atoms with Gasteiger partial charge < -0.3 is 10.6 Å². The van der Waals surface area contributed by atoms with Crippen LogP contribution in [0, 0.1) is 5.92 Å². The summed E-state index contributed by atoms with van der Waals surface area (Å²) >= 11 is 10.8. The van der Waals surface area contributed by atoms with Crippen LogP contribution in [0.4, 0.5) is 19.0 Å². The second kappa shape index (κ2) is 6.58. The van der Waals surface area contributed by atoms with E-state index in [0.29, 0.717) is 23.9 Å². The Kier molecular flexibility index (Phi) is 5.59. The zero-order valence-corrected chi connectivity index (χ0v) is 12.6. The minimum absolute atomic E-state index is 0.0446. The number of pyridine rings is 1. The van der Waals surface area contributed by atoms with E-state index in [9.17, 15) is 13.2 Å². The van der Waals surface area contributed by atoms with Crippen molar-refractivity contribution < 1.29 is 13.2 Å². The molecule has 1 unspecified atom stereocenters. The molecule has 0 aliphatic rings. The molecule has 1 aromatic rings. The number of aromatic nitrogens is 1. The number of rotatable bonds is 5. The zero-order valence-electron chi connectivity index (χ0n) is 11.0. The Morgan fingerprint density at radius 1 is 1.55 bits per heavy atom. The summed E-state index contributed by atoms with van der Waals surface area (Å²) in [5.41, 5.74) is 4.67. The highest BCUT2D eigenvalue weighted by Crippen LogP contribution is 2.33. The van der Waals surface area contributed by atoms with E-state index < -0.39 is 11.7 Å². The van der Waals surface area contributed by atoms with Crippen LogP contribution in [0.2, 0.25) is 5.02 Å². The van der Waals surface area contributed by atoms with Crippen LogP contribution < -0.4 is 10.6 Å². The van der Waals surface area contributed by atoms with Crippen molar-refractivity contribution in [1.29, 1.82) is 0 Å². The molecular weight excluding hydrogens is 311 g/mol. The number of hydrogen-bond acceptors (Lipinski definition) is 3. The van der Waals surface area contributed by atoms with Crippen molar-refractivity contribution in [3.63, 3.8) is 0 Å². The van der Waals surface area contributed by atoms with Gasteiger partial charge in [0.1, 0.15) is 5.82 Å². The van der Waals surface area contributed by atoms with Crippen LogP contribution >= 0.6 is 23.8 Å². The van der Waals surface area contributed by atoms with E-state index in [0.717, 1.165) is 12.3 Å². The highest BCUT2D eigenvalue weighted by Gasteiger charge is 2.32. The lowest BCUT2D eigenvalue weighted by Gasteiger charge is -2.26. The number of thiocarbonyl (C=S) groups is 1. The average Bonchev–Trinajstić information content (AvgIpc) is 2.34. The fourth-order valence-electron chi connectivity index (χ4n) is 1.60. The number of anilines is 1. The fraction of sp³-hybridized carbons (Fsp3) is 0.500. The van der Waals surface area contributed by atoms with Gasteiger partial charge in [0.2, 0.25) is 0 Å². The van der Waals surface area contributed by atoms with Crippen molar-refractivity contribution in [2.45, 2.75) is 20.0 Å². The quantitative estimate of drug-likeness (QED) is 0.841. The van der Waals surface area contributed by atoms with Gasteiger partial charge in [0.05, 0.1) is 15.6 Å². The Hall–Kier alpha value is -1.08. The van der Waals surface area contributed by atoms with E-state index in [-0.39, 0.29) is 10.9 Å². The topological polar surface area (TPSA) is 42.1 Å². The van der Waals surface area contributed by atoms with Crippen molar-refractivity contribution in [3.05, 3.63) is 22.8 Å². The maximum atomic E-state index is 12.6. The third-order valence-electron chi connectivity index (χ3n) is 2.81. The molecule has 20 heavy (non-hydrogen) atoms. The van der Waals surface area contributed by atoms with Gasteiger partial charge in [-0.1, -0.05) is 30.7 Å². The van der Waals surface area contributed by atoms with Crippen molar-refractivity contribution in [1.82, 2.24) is 4.98 Å². The number of nitrogens with zero attached hydrogens (tertiary/aromatic N) is 2. The Bertz CT molecular complexity index is 493. The van der Waals surface area contributed by atoms with E-state index in [4.69, 9.17) is 29.6 Å². The normalized spacial score (nSPS) is 13.1. The SMILES string of the molecule is CCN(CC(C)C(N)=S)c1ncc(C(F)(F)F)cc1Cl. The lowest BCUT2D eigenvalue weighted by atomic mass is 10.1. The molecular formula is C12H15ClF3N3S. The number of nitrogens with two attached hydrogens (primary N) is 1. The summed E-state index contributed by atoms with van der Waals surface area (Å²) in [4.78, 5) is 5.90. The van der Waals surface area contributed by atoms with Crippen LogP contribution in [-0.2, 0) is 6.18 Å². The predicted octanol–water partition coefficient (Wildman–Crippen LogP) is 3.50. The first-order chi connectivity index (χ1) is 9.16. The van der Waals surface area contributed by atoms with E-state index in [2.05, 4.69) is 4.98 Å². The van der Waals surface area contributed by atoms with Crippen LogP contribution in [0.5, 0.6) is 0 Å². The zero-order chi connectivity index (χ0) is 15.5. The third-order valence-corrected chi connectivity index (χ3v) is 3.49. The fourth-order valence-corrected chi connectivity index (χ4v) is 1.96. The van der Waals surface area contributed by atoms with Crippen molar-refractivity contribution >= 4 is 34.6 Å². The van der Waals surface area contributed by atoms with Gasteiger partial charge in [0, 0.05) is 25.2 Å². The van der Waals surface area contributed by atoms with Crippen molar-refractivity contribution in [3.8, 4) is 0 Å². The van der Waals surface area contributed by atoms with Crippen LogP contribution in [0.1, 0.15) is 19.4 Å². The second-order valence-electron chi connectivity index (χ2n) is 4.37. The lowest BCUT2D eigenvalue weighted by Crippen LogP contribution is -2.34. The average molecular weight is 326 g/mol. The Balaban J connectivity index is 3.02. The molecule has 1 heterocycles. The van der Waals surface area contributed by atoms with Crippen LogP contribution in [0.15, 0.2) is 12.3 Å². The second-order valence-corrected chi connectivity index (χ2v) is 5.25. The molecule has 0 saturated carbocycles. The van der Waals surface area contributed by atoms with Gasteiger partial charge >= 0.3 is 6.18 Å². The molecule has 0 saturated heterocycles. The van der Waals surface area contributed by atoms with E-state index >= 15 is 0 Å². The van der Waals surface area contributed by atoms with Gasteiger partial charge in [-0.2, -0.15) is 13.2 Å². The number of alkyl halides is 3. The van der Waals surface area contributed by atoms with E-state index in [1.165, 1.54) is 0 Å². The van der Waals surface area contributed by atoms with Gasteiger partial charge in [-0.3, -0.25) is 0 Å². The van der Waals surface area contributed by atoms with Crippen LogP contribution in [-0.4, -0.2) is 23.1 Å². The largest absolute Gasteiger partial charge is 0.417 e. The maximum Gasteiger partial charge on any atom is 0.417 e. The van der Waals surface area contributed by atoms with Crippen molar-refractivity contribution in [2.24, 2.45) is 11.7 Å². The molecule has 112 valence electrons. The number of halogens is 4. The minimum atomic E-state index is -4.46. The molecule has 0 spiro atoms. The Labute approximate surface area is 125 Å². The summed E-state index contributed by atoms with van der Waals surface area (Å²) in [5, 5.41) is -0.0446. The van der Waals surface area contributed by atoms with Gasteiger partial charge in [-0.05, 0) is 13.0 Å². The molecule has 8 heteroatoms. The molecule has 1 atom stereocenters. The first kappa shape index (κ1) is 17.0. The minimum Gasteiger partial charge on any atom is -0.393 e. The lowest BCUT2D eigenvalue weighted by molar-refractivity contribution is -0.137. The first-order valence-electron chi connectivity index (χ1n) is 5.93. The summed E-state index contributed by atoms with van der Waals surface area (Å²) in [5.74, 6) is 0.204. The van der Waals surface area contributed by atoms with Crippen LogP contribution in [0.3, 0.4) is 0 Å². The van der Waals surface area contributed by atoms with Crippen molar-refractivity contribution in [2.75, 3.05) is 18.0 Å². The molecule has 0 aliphatic heterocycles. The first-order valence-corrected chi connectivity index (χ1v) is 6.72. The molecule has 0 aliphatic carbocycles. The van der Waals surface area contributed by atoms with E-state index in [1.807, 2.05) is 13.8 Å². The number of hydrogen-bond donors (Lipinski definition) is 1. The van der Waals surface area contributed by atoms with Crippen LogP contribution in [0.25, 0.3) is 0 Å². The van der Waals surface area contributed by atoms with Gasteiger partial charge in [0.15, 0.2) is 0 Å². The molecule has 0 fully saturated rings. The monoisotopic (exact) mass is 325 g/mol. The molecule has 0 amide bonds. The van der Waals surface area contributed by atoms with Gasteiger partial charge in [-0.25, -0.2) is 4.98 Å². The molecule has 2 N–H and O–H groups in total. The molecule has 1 aromatic heterocycles.